The Morgan fingerprint density at radius 1 is 1.36 bits per heavy atom. The molecular formula is C11H21N3. The lowest BCUT2D eigenvalue weighted by Crippen LogP contribution is -2.15. The number of nitrogens with one attached hydrogen (secondary N) is 1. The van der Waals surface area contributed by atoms with Gasteiger partial charge in [0, 0.05) is 16.7 Å². The van der Waals surface area contributed by atoms with Crippen LogP contribution in [0.2, 0.25) is 0 Å². The van der Waals surface area contributed by atoms with E-state index in [9.17, 15) is 0 Å². The minimum absolute atomic E-state index is 0.0921. The Balaban J connectivity index is 3.06. The second-order valence-corrected chi connectivity index (χ2v) is 5.31. The molecule has 0 saturated carbocycles. The molecule has 3 nitrogen and oxygen atoms in total. The molecule has 0 spiro atoms. The van der Waals surface area contributed by atoms with Gasteiger partial charge in [0.15, 0.2) is 0 Å². The van der Waals surface area contributed by atoms with Crippen molar-refractivity contribution in [2.75, 3.05) is 5.73 Å². The highest BCUT2D eigenvalue weighted by atomic mass is 15.2. The third-order valence-corrected chi connectivity index (χ3v) is 2.26. The molecule has 80 valence electrons. The third-order valence-electron chi connectivity index (χ3n) is 2.26. The van der Waals surface area contributed by atoms with Crippen molar-refractivity contribution < 1.29 is 0 Å². The molecule has 1 aromatic heterocycles. The van der Waals surface area contributed by atoms with Gasteiger partial charge < -0.3 is 5.73 Å². The van der Waals surface area contributed by atoms with Crippen molar-refractivity contribution in [2.45, 2.75) is 46.5 Å². The van der Waals surface area contributed by atoms with Gasteiger partial charge in [0.1, 0.15) is 5.82 Å². The fraction of sp³-hybridized carbons (Fsp3) is 0.727. The van der Waals surface area contributed by atoms with Crippen molar-refractivity contribution in [2.24, 2.45) is 5.92 Å². The molecule has 0 aliphatic rings. The van der Waals surface area contributed by atoms with Crippen LogP contribution in [0.1, 0.15) is 45.9 Å². The maximum atomic E-state index is 5.84. The van der Waals surface area contributed by atoms with E-state index in [2.05, 4.69) is 44.8 Å². The molecule has 1 aromatic rings. The van der Waals surface area contributed by atoms with Gasteiger partial charge in [-0.05, 0) is 12.3 Å². The summed E-state index contributed by atoms with van der Waals surface area (Å²) in [5.74, 6) is 1.26. The van der Waals surface area contributed by atoms with Crippen LogP contribution in [-0.4, -0.2) is 10.2 Å². The molecule has 3 N–H and O–H groups in total. The van der Waals surface area contributed by atoms with Gasteiger partial charge in [-0.3, -0.25) is 5.10 Å². The minimum Gasteiger partial charge on any atom is -0.382 e. The normalized spacial score (nSPS) is 12.4. The molecule has 0 unspecified atom stereocenters. The zero-order valence-electron chi connectivity index (χ0n) is 9.81. The highest BCUT2D eigenvalue weighted by Crippen LogP contribution is 2.28. The fourth-order valence-electron chi connectivity index (χ4n) is 1.61. The first-order chi connectivity index (χ1) is 6.32. The number of nitrogens with zero attached hydrogens (tertiary/aromatic N) is 1. The van der Waals surface area contributed by atoms with E-state index in [1.807, 2.05) is 0 Å². The summed E-state index contributed by atoms with van der Waals surface area (Å²) in [7, 11) is 0. The molecule has 0 aliphatic heterocycles. The van der Waals surface area contributed by atoms with Crippen molar-refractivity contribution >= 4 is 5.82 Å². The van der Waals surface area contributed by atoms with Gasteiger partial charge in [-0.2, -0.15) is 5.10 Å². The van der Waals surface area contributed by atoms with Crippen molar-refractivity contribution in [1.82, 2.24) is 10.2 Å². The molecular weight excluding hydrogens is 174 g/mol. The maximum Gasteiger partial charge on any atom is 0.148 e. The Bertz CT molecular complexity index is 305. The molecule has 0 saturated heterocycles. The van der Waals surface area contributed by atoms with E-state index in [1.165, 1.54) is 11.3 Å². The average Bonchev–Trinajstić information content (AvgIpc) is 2.30. The Morgan fingerprint density at radius 3 is 2.36 bits per heavy atom. The Labute approximate surface area is 86.1 Å². The predicted molar refractivity (Wildman–Crippen MR) is 60.2 cm³/mol. The van der Waals surface area contributed by atoms with E-state index in [1.54, 1.807) is 0 Å². The topological polar surface area (TPSA) is 54.7 Å². The first kappa shape index (κ1) is 11.1. The quantitative estimate of drug-likeness (QED) is 0.761. The first-order valence-corrected chi connectivity index (χ1v) is 5.15. The monoisotopic (exact) mass is 195 g/mol. The second kappa shape index (κ2) is 3.64. The van der Waals surface area contributed by atoms with Crippen molar-refractivity contribution in [3.8, 4) is 0 Å². The van der Waals surface area contributed by atoms with Gasteiger partial charge in [0.2, 0.25) is 0 Å². The van der Waals surface area contributed by atoms with Crippen molar-refractivity contribution in [3.05, 3.63) is 11.3 Å². The van der Waals surface area contributed by atoms with E-state index in [-0.39, 0.29) is 5.41 Å². The summed E-state index contributed by atoms with van der Waals surface area (Å²) in [5, 5.41) is 7.13. The molecule has 14 heavy (non-hydrogen) atoms. The molecule has 0 bridgehead atoms. The van der Waals surface area contributed by atoms with Gasteiger partial charge in [0.05, 0.1) is 0 Å². The molecule has 0 aromatic carbocycles. The number of nitrogen functional groups attached to an aromatic ring is 1. The highest BCUT2D eigenvalue weighted by Gasteiger charge is 2.22. The van der Waals surface area contributed by atoms with Gasteiger partial charge in [-0.1, -0.05) is 34.6 Å². The summed E-state index contributed by atoms with van der Waals surface area (Å²) in [6, 6.07) is 0. The SMILES string of the molecule is CC(C)Cc1c(N)n[nH]c1C(C)(C)C. The molecule has 0 fully saturated rings. The van der Waals surface area contributed by atoms with Crippen LogP contribution in [0.15, 0.2) is 0 Å². The smallest absolute Gasteiger partial charge is 0.148 e. The zero-order chi connectivity index (χ0) is 10.9. The molecule has 1 heterocycles. The van der Waals surface area contributed by atoms with Crippen molar-refractivity contribution in [3.63, 3.8) is 0 Å². The number of hydrogen-bond donors (Lipinski definition) is 2. The summed E-state index contributed by atoms with van der Waals surface area (Å²) in [6.07, 6.45) is 0.995. The van der Waals surface area contributed by atoms with Gasteiger partial charge in [-0.15, -0.1) is 0 Å². The van der Waals surface area contributed by atoms with E-state index in [4.69, 9.17) is 5.73 Å². The molecule has 3 heteroatoms. The van der Waals surface area contributed by atoms with Crippen LogP contribution in [0.4, 0.5) is 5.82 Å². The van der Waals surface area contributed by atoms with Crippen LogP contribution >= 0.6 is 0 Å². The van der Waals surface area contributed by atoms with Crippen LogP contribution in [0.5, 0.6) is 0 Å². The van der Waals surface area contributed by atoms with Crippen LogP contribution in [-0.2, 0) is 11.8 Å². The lowest BCUT2D eigenvalue weighted by atomic mass is 9.87. The Morgan fingerprint density at radius 2 is 1.93 bits per heavy atom. The Hall–Kier alpha value is -0.990. The minimum atomic E-state index is 0.0921. The van der Waals surface area contributed by atoms with Crippen LogP contribution in [0, 0.1) is 5.92 Å². The number of anilines is 1. The summed E-state index contributed by atoms with van der Waals surface area (Å²) >= 11 is 0. The lowest BCUT2D eigenvalue weighted by molar-refractivity contribution is 0.549. The summed E-state index contributed by atoms with van der Waals surface area (Å²) in [4.78, 5) is 0. The number of aromatic nitrogens is 2. The lowest BCUT2D eigenvalue weighted by Gasteiger charge is -2.19. The summed E-state index contributed by atoms with van der Waals surface area (Å²) in [6.45, 7) is 10.9. The number of nitrogens with two attached hydrogens (primary N) is 1. The molecule has 1 rings (SSSR count). The zero-order valence-corrected chi connectivity index (χ0v) is 9.81. The van der Waals surface area contributed by atoms with E-state index in [0.29, 0.717) is 11.7 Å². The fourth-order valence-corrected chi connectivity index (χ4v) is 1.61. The number of aromatic amines is 1. The number of hydrogen-bond acceptors (Lipinski definition) is 2. The van der Waals surface area contributed by atoms with E-state index in [0.717, 1.165) is 6.42 Å². The Kier molecular flexibility index (Phi) is 2.88. The standard InChI is InChI=1S/C11H21N3/c1-7(2)6-8-9(11(3,4)5)13-14-10(8)12/h7H,6H2,1-5H3,(H3,12,13,14). The van der Waals surface area contributed by atoms with Crippen LogP contribution in [0.25, 0.3) is 0 Å². The summed E-state index contributed by atoms with van der Waals surface area (Å²) in [5.41, 5.74) is 8.29. The number of H-pyrrole nitrogens is 1. The van der Waals surface area contributed by atoms with Crippen LogP contribution < -0.4 is 5.73 Å². The number of rotatable bonds is 2. The second-order valence-electron chi connectivity index (χ2n) is 5.31. The van der Waals surface area contributed by atoms with Crippen molar-refractivity contribution in [1.29, 1.82) is 0 Å². The molecule has 0 atom stereocenters. The van der Waals surface area contributed by atoms with E-state index >= 15 is 0 Å². The van der Waals surface area contributed by atoms with Gasteiger partial charge in [-0.25, -0.2) is 0 Å². The third kappa shape index (κ3) is 2.28. The average molecular weight is 195 g/mol. The highest BCUT2D eigenvalue weighted by molar-refractivity contribution is 5.44. The van der Waals surface area contributed by atoms with E-state index < -0.39 is 0 Å². The predicted octanol–water partition coefficient (Wildman–Crippen LogP) is 2.49. The largest absolute Gasteiger partial charge is 0.382 e. The molecule has 0 aliphatic carbocycles. The van der Waals surface area contributed by atoms with Gasteiger partial charge >= 0.3 is 0 Å². The van der Waals surface area contributed by atoms with Crippen LogP contribution in [0.3, 0.4) is 0 Å². The first-order valence-electron chi connectivity index (χ1n) is 5.15. The van der Waals surface area contributed by atoms with Gasteiger partial charge in [0.25, 0.3) is 0 Å². The molecule has 0 amide bonds. The molecule has 0 radical (unpaired) electrons. The summed E-state index contributed by atoms with van der Waals surface area (Å²) < 4.78 is 0. The maximum absolute atomic E-state index is 5.84.